The highest BCUT2D eigenvalue weighted by Crippen LogP contribution is 2.26. The van der Waals surface area contributed by atoms with Crippen molar-refractivity contribution < 1.29 is 4.79 Å². The van der Waals surface area contributed by atoms with Gasteiger partial charge < -0.3 is 10.6 Å². The Morgan fingerprint density at radius 1 is 1.39 bits per heavy atom. The Kier molecular flexibility index (Phi) is 3.27. The Balaban J connectivity index is 1.43. The number of carbonyl (C=O) groups is 1. The topological polar surface area (TPSA) is 71.8 Å². The Hall–Kier alpha value is -1.43. The molecular weight excluding hydrogens is 230 g/mol. The van der Waals surface area contributed by atoms with E-state index in [-0.39, 0.29) is 5.91 Å². The second kappa shape index (κ2) is 5.06. The Morgan fingerprint density at radius 3 is 2.83 bits per heavy atom. The summed E-state index contributed by atoms with van der Waals surface area (Å²) in [5, 5.41) is 10.7. The highest BCUT2D eigenvalue weighted by Gasteiger charge is 2.33. The van der Waals surface area contributed by atoms with Gasteiger partial charge in [-0.25, -0.2) is 4.98 Å². The third-order valence-electron chi connectivity index (χ3n) is 3.87. The van der Waals surface area contributed by atoms with E-state index >= 15 is 0 Å². The number of hydrogen-bond acceptors (Lipinski definition) is 4. The quantitative estimate of drug-likeness (QED) is 0.792. The van der Waals surface area contributed by atoms with Gasteiger partial charge in [0.15, 0.2) is 0 Å². The van der Waals surface area contributed by atoms with Crippen LogP contribution in [0.1, 0.15) is 32.1 Å². The van der Waals surface area contributed by atoms with Crippen LogP contribution >= 0.6 is 0 Å². The molecule has 6 heteroatoms. The third-order valence-corrected chi connectivity index (χ3v) is 3.87. The molecule has 0 spiro atoms. The maximum Gasteiger partial charge on any atom is 0.222 e. The molecule has 3 heterocycles. The van der Waals surface area contributed by atoms with Crippen molar-refractivity contribution in [2.75, 3.05) is 0 Å². The van der Waals surface area contributed by atoms with Crippen LogP contribution in [0.2, 0.25) is 0 Å². The number of fused-ring (bicyclic) bond motifs is 2. The summed E-state index contributed by atoms with van der Waals surface area (Å²) < 4.78 is 1.69. The van der Waals surface area contributed by atoms with Crippen molar-refractivity contribution in [3.63, 3.8) is 0 Å². The van der Waals surface area contributed by atoms with Gasteiger partial charge in [0.25, 0.3) is 0 Å². The molecule has 0 aromatic carbocycles. The first-order valence-electron chi connectivity index (χ1n) is 6.67. The second-order valence-electron chi connectivity index (χ2n) is 5.28. The van der Waals surface area contributed by atoms with Gasteiger partial charge in [-0.2, -0.15) is 5.10 Å². The van der Waals surface area contributed by atoms with Gasteiger partial charge in [-0.05, 0) is 25.7 Å². The van der Waals surface area contributed by atoms with Crippen LogP contribution in [0.3, 0.4) is 0 Å². The summed E-state index contributed by atoms with van der Waals surface area (Å²) in [5.74, 6) is 0.122. The number of carbonyl (C=O) groups excluding carboxylic acids is 1. The van der Waals surface area contributed by atoms with E-state index in [0.717, 1.165) is 12.8 Å². The number of nitrogens with one attached hydrogen (secondary N) is 2. The molecule has 2 aliphatic heterocycles. The zero-order valence-electron chi connectivity index (χ0n) is 10.4. The smallest absolute Gasteiger partial charge is 0.222 e. The first-order chi connectivity index (χ1) is 8.79. The van der Waals surface area contributed by atoms with E-state index in [0.29, 0.717) is 31.1 Å². The third kappa shape index (κ3) is 2.69. The lowest BCUT2D eigenvalue weighted by atomic mass is 10.00. The Labute approximate surface area is 106 Å². The molecule has 0 saturated carbocycles. The average Bonchev–Trinajstić information content (AvgIpc) is 2.97. The second-order valence-corrected chi connectivity index (χ2v) is 5.28. The number of amides is 1. The Morgan fingerprint density at radius 2 is 2.17 bits per heavy atom. The minimum absolute atomic E-state index is 0.122. The standard InChI is InChI=1S/C12H19N5O/c18-12(3-4-17-8-13-7-14-17)16-11-5-9-1-2-10(6-11)15-9/h7-11,15H,1-6H2,(H,16,18). The van der Waals surface area contributed by atoms with E-state index in [1.54, 1.807) is 11.0 Å². The summed E-state index contributed by atoms with van der Waals surface area (Å²) >= 11 is 0. The van der Waals surface area contributed by atoms with Crippen molar-refractivity contribution in [3.8, 4) is 0 Å². The lowest BCUT2D eigenvalue weighted by Crippen LogP contribution is -2.48. The van der Waals surface area contributed by atoms with E-state index < -0.39 is 0 Å². The first-order valence-corrected chi connectivity index (χ1v) is 6.67. The number of nitrogens with zero attached hydrogens (tertiary/aromatic N) is 3. The van der Waals surface area contributed by atoms with Crippen LogP contribution in [0.5, 0.6) is 0 Å². The number of rotatable bonds is 4. The average molecular weight is 249 g/mol. The van der Waals surface area contributed by atoms with Crippen LogP contribution in [-0.4, -0.2) is 38.8 Å². The van der Waals surface area contributed by atoms with E-state index in [4.69, 9.17) is 0 Å². The summed E-state index contributed by atoms with van der Waals surface area (Å²) in [6.07, 6.45) is 8.27. The molecule has 2 fully saturated rings. The normalized spacial score (nSPS) is 30.3. The summed E-state index contributed by atoms with van der Waals surface area (Å²) in [5.41, 5.74) is 0. The summed E-state index contributed by atoms with van der Waals surface area (Å²) in [7, 11) is 0. The van der Waals surface area contributed by atoms with Crippen LogP contribution in [0.25, 0.3) is 0 Å². The van der Waals surface area contributed by atoms with Crippen molar-refractivity contribution in [3.05, 3.63) is 12.7 Å². The predicted molar refractivity (Wildman–Crippen MR) is 65.7 cm³/mol. The molecule has 2 unspecified atom stereocenters. The van der Waals surface area contributed by atoms with E-state index in [2.05, 4.69) is 20.7 Å². The number of hydrogen-bond donors (Lipinski definition) is 2. The minimum atomic E-state index is 0.122. The minimum Gasteiger partial charge on any atom is -0.353 e. The molecular formula is C12H19N5O. The molecule has 1 aromatic rings. The maximum atomic E-state index is 11.8. The van der Waals surface area contributed by atoms with Gasteiger partial charge in [0.1, 0.15) is 12.7 Å². The maximum absolute atomic E-state index is 11.8. The van der Waals surface area contributed by atoms with Gasteiger partial charge in [0.2, 0.25) is 5.91 Å². The van der Waals surface area contributed by atoms with Crippen LogP contribution in [-0.2, 0) is 11.3 Å². The number of aryl methyl sites for hydroxylation is 1. The molecule has 98 valence electrons. The fraction of sp³-hybridized carbons (Fsp3) is 0.750. The molecule has 2 bridgehead atoms. The molecule has 2 atom stereocenters. The highest BCUT2D eigenvalue weighted by molar-refractivity contribution is 5.76. The van der Waals surface area contributed by atoms with Crippen LogP contribution in [0.15, 0.2) is 12.7 Å². The number of aromatic nitrogens is 3. The lowest BCUT2D eigenvalue weighted by Gasteiger charge is -2.29. The van der Waals surface area contributed by atoms with Crippen molar-refractivity contribution in [2.45, 2.75) is 56.8 Å². The van der Waals surface area contributed by atoms with Crippen LogP contribution < -0.4 is 10.6 Å². The lowest BCUT2D eigenvalue weighted by molar-refractivity contribution is -0.122. The fourth-order valence-electron chi connectivity index (χ4n) is 3.04. The molecule has 0 radical (unpaired) electrons. The predicted octanol–water partition coefficient (Wildman–Crippen LogP) is 0.0674. The highest BCUT2D eigenvalue weighted by atomic mass is 16.1. The molecule has 2 aliphatic rings. The fourth-order valence-corrected chi connectivity index (χ4v) is 3.04. The summed E-state index contributed by atoms with van der Waals surface area (Å²) in [4.78, 5) is 15.7. The van der Waals surface area contributed by atoms with Gasteiger partial charge in [0.05, 0.1) is 6.54 Å². The van der Waals surface area contributed by atoms with E-state index in [1.807, 2.05) is 0 Å². The summed E-state index contributed by atoms with van der Waals surface area (Å²) in [6, 6.07) is 1.58. The molecule has 1 amide bonds. The first kappa shape index (κ1) is 11.6. The van der Waals surface area contributed by atoms with Crippen molar-refractivity contribution in [1.29, 1.82) is 0 Å². The van der Waals surface area contributed by atoms with Crippen molar-refractivity contribution >= 4 is 5.91 Å². The van der Waals surface area contributed by atoms with Gasteiger partial charge in [0, 0.05) is 24.5 Å². The molecule has 2 N–H and O–H groups in total. The molecule has 6 nitrogen and oxygen atoms in total. The van der Waals surface area contributed by atoms with Crippen molar-refractivity contribution in [2.24, 2.45) is 0 Å². The molecule has 2 saturated heterocycles. The van der Waals surface area contributed by atoms with Crippen molar-refractivity contribution in [1.82, 2.24) is 25.4 Å². The van der Waals surface area contributed by atoms with Crippen LogP contribution in [0, 0.1) is 0 Å². The molecule has 0 aliphatic carbocycles. The van der Waals surface area contributed by atoms with Gasteiger partial charge in [-0.1, -0.05) is 0 Å². The zero-order valence-corrected chi connectivity index (χ0v) is 10.4. The number of piperidine rings is 1. The SMILES string of the molecule is O=C(CCn1cncn1)NC1CC2CCC(C1)N2. The Bertz CT molecular complexity index is 393. The van der Waals surface area contributed by atoms with Gasteiger partial charge >= 0.3 is 0 Å². The van der Waals surface area contributed by atoms with Crippen LogP contribution in [0.4, 0.5) is 0 Å². The van der Waals surface area contributed by atoms with Gasteiger partial charge in [-0.15, -0.1) is 0 Å². The molecule has 1 aromatic heterocycles. The molecule has 18 heavy (non-hydrogen) atoms. The largest absolute Gasteiger partial charge is 0.353 e. The zero-order chi connectivity index (χ0) is 12.4. The van der Waals surface area contributed by atoms with E-state index in [1.165, 1.54) is 19.2 Å². The van der Waals surface area contributed by atoms with E-state index in [9.17, 15) is 4.79 Å². The molecule has 3 rings (SSSR count). The monoisotopic (exact) mass is 249 g/mol. The summed E-state index contributed by atoms with van der Waals surface area (Å²) in [6.45, 7) is 0.601. The van der Waals surface area contributed by atoms with Gasteiger partial charge in [-0.3, -0.25) is 9.48 Å².